The Kier molecular flexibility index (Phi) is 6.24. The normalized spacial score (nSPS) is 14.2. The predicted molar refractivity (Wildman–Crippen MR) is 111 cm³/mol. The van der Waals surface area contributed by atoms with Crippen molar-refractivity contribution in [1.29, 1.82) is 0 Å². The quantitative estimate of drug-likeness (QED) is 0.490. The van der Waals surface area contributed by atoms with E-state index < -0.39 is 5.75 Å². The Morgan fingerprint density at radius 3 is 2.21 bits per heavy atom. The highest BCUT2D eigenvalue weighted by molar-refractivity contribution is 6.15. The zero-order chi connectivity index (χ0) is 20.1. The Morgan fingerprint density at radius 1 is 0.964 bits per heavy atom. The van der Waals surface area contributed by atoms with Gasteiger partial charge in [0.05, 0.1) is 5.56 Å². The molecule has 0 radical (unpaired) electrons. The highest BCUT2D eigenvalue weighted by Gasteiger charge is 2.31. The number of nitrogens with zero attached hydrogens (tertiary/aromatic N) is 1. The Labute approximate surface area is 165 Å². The van der Waals surface area contributed by atoms with Gasteiger partial charge >= 0.3 is 0 Å². The summed E-state index contributed by atoms with van der Waals surface area (Å²) in [6, 6.07) is 10.8. The average Bonchev–Trinajstić information content (AvgIpc) is 3.02. The number of aromatic hydroxyl groups is 2. The van der Waals surface area contributed by atoms with E-state index in [1.165, 1.54) is 17.8 Å². The van der Waals surface area contributed by atoms with Crippen LogP contribution in [-0.2, 0) is 0 Å². The van der Waals surface area contributed by atoms with Gasteiger partial charge in [-0.3, -0.25) is 4.79 Å². The maximum atomic E-state index is 12.5. The van der Waals surface area contributed by atoms with Crippen LogP contribution in [-0.4, -0.2) is 29.1 Å². The number of phenolic OH excluding ortho intramolecular Hbond substituents is 2. The molecule has 0 spiro atoms. The van der Waals surface area contributed by atoms with Crippen LogP contribution in [0.15, 0.2) is 42.2 Å². The smallest absolute Gasteiger partial charge is 0.232 e. The second-order valence-electron chi connectivity index (χ2n) is 7.04. The molecule has 148 valence electrons. The number of ether oxygens (including phenoxy) is 1. The molecule has 2 aromatic rings. The molecule has 0 bridgehead atoms. The first-order chi connectivity index (χ1) is 13.5. The number of rotatable bonds is 8. The van der Waals surface area contributed by atoms with Gasteiger partial charge < -0.3 is 19.8 Å². The van der Waals surface area contributed by atoms with E-state index in [0.717, 1.165) is 44.3 Å². The second-order valence-corrected chi connectivity index (χ2v) is 7.04. The number of anilines is 1. The fourth-order valence-electron chi connectivity index (χ4n) is 3.23. The number of allylic oxidation sites excluding steroid dienone is 1. The zero-order valence-electron chi connectivity index (χ0n) is 16.4. The Hall–Kier alpha value is -2.95. The minimum Gasteiger partial charge on any atom is -0.504 e. The molecule has 0 fully saturated rings. The van der Waals surface area contributed by atoms with E-state index in [1.807, 2.05) is 12.1 Å². The van der Waals surface area contributed by atoms with Crippen molar-refractivity contribution < 1.29 is 19.7 Å². The number of carbonyl (C=O) groups is 1. The Morgan fingerprint density at radius 2 is 1.61 bits per heavy atom. The van der Waals surface area contributed by atoms with Crippen LogP contribution in [0.1, 0.15) is 55.5 Å². The Bertz CT molecular complexity index is 863. The number of phenols is 2. The second kappa shape index (κ2) is 8.83. The lowest BCUT2D eigenvalue weighted by atomic mass is 10.1. The number of unbranched alkanes of at least 4 members (excludes halogenated alkanes) is 2. The van der Waals surface area contributed by atoms with Gasteiger partial charge in [0.25, 0.3) is 0 Å². The molecule has 0 amide bonds. The molecular weight excluding hydrogens is 354 g/mol. The number of Topliss-reactive ketones (excluding diaryl/α,β-unsaturated/α-hetero) is 1. The van der Waals surface area contributed by atoms with Crippen LogP contribution >= 0.6 is 0 Å². The highest BCUT2D eigenvalue weighted by Crippen LogP contribution is 2.44. The van der Waals surface area contributed by atoms with E-state index in [9.17, 15) is 15.0 Å². The Balaban J connectivity index is 1.78. The van der Waals surface area contributed by atoms with Crippen molar-refractivity contribution in [3.05, 3.63) is 53.3 Å². The molecule has 28 heavy (non-hydrogen) atoms. The molecular formula is C23H27NO4. The zero-order valence-corrected chi connectivity index (χ0v) is 16.4. The number of carbonyl (C=O) groups excluding carboxylic acids is 1. The lowest BCUT2D eigenvalue weighted by Gasteiger charge is -2.24. The summed E-state index contributed by atoms with van der Waals surface area (Å²) in [5.41, 5.74) is 2.27. The molecule has 0 aromatic heterocycles. The van der Waals surface area contributed by atoms with E-state index in [2.05, 4.69) is 30.9 Å². The monoisotopic (exact) mass is 381 g/mol. The summed E-state index contributed by atoms with van der Waals surface area (Å²) in [6.07, 6.45) is 6.30. The lowest BCUT2D eigenvalue weighted by Crippen LogP contribution is -2.25. The third-order valence-electron chi connectivity index (χ3n) is 4.91. The van der Waals surface area contributed by atoms with Crippen LogP contribution in [0.3, 0.4) is 0 Å². The number of hydrogen-bond acceptors (Lipinski definition) is 5. The molecule has 0 saturated carbocycles. The largest absolute Gasteiger partial charge is 0.504 e. The van der Waals surface area contributed by atoms with E-state index in [4.69, 9.17) is 4.74 Å². The third kappa shape index (κ3) is 4.14. The number of fused-ring (bicyclic) bond motifs is 1. The molecule has 1 aliphatic heterocycles. The van der Waals surface area contributed by atoms with Crippen molar-refractivity contribution in [3.8, 4) is 17.2 Å². The summed E-state index contributed by atoms with van der Waals surface area (Å²) in [4.78, 5) is 14.9. The number of benzene rings is 2. The van der Waals surface area contributed by atoms with Crippen LogP contribution in [0, 0.1) is 0 Å². The van der Waals surface area contributed by atoms with E-state index in [1.54, 1.807) is 6.08 Å². The molecule has 5 nitrogen and oxygen atoms in total. The highest BCUT2D eigenvalue weighted by atomic mass is 16.5. The van der Waals surface area contributed by atoms with Crippen molar-refractivity contribution in [3.63, 3.8) is 0 Å². The van der Waals surface area contributed by atoms with Crippen LogP contribution in [0.5, 0.6) is 17.2 Å². The van der Waals surface area contributed by atoms with E-state index >= 15 is 0 Å². The van der Waals surface area contributed by atoms with Crippen LogP contribution in [0.25, 0.3) is 6.08 Å². The first-order valence-electron chi connectivity index (χ1n) is 9.89. The molecule has 1 heterocycles. The van der Waals surface area contributed by atoms with Gasteiger partial charge in [0.1, 0.15) is 0 Å². The fraction of sp³-hybridized carbons (Fsp3) is 0.348. The van der Waals surface area contributed by atoms with Gasteiger partial charge in [-0.15, -0.1) is 0 Å². The van der Waals surface area contributed by atoms with Gasteiger partial charge in [-0.05, 0) is 48.7 Å². The standard InChI is InChI=1S/C23H27NO4/c1-3-5-13-24(14-6-4-2)17-9-7-16(8-10-17)15-20-21(26)18-11-12-19(25)22(27)23(18)28-20/h7-12,15,25,27H,3-6,13-14H2,1-2H3/b20-15-. The van der Waals surface area contributed by atoms with Gasteiger partial charge in [-0.25, -0.2) is 0 Å². The first-order valence-corrected chi connectivity index (χ1v) is 9.89. The summed E-state index contributed by atoms with van der Waals surface area (Å²) in [5.74, 6) is -0.874. The summed E-state index contributed by atoms with van der Waals surface area (Å²) in [7, 11) is 0. The molecule has 0 atom stereocenters. The average molecular weight is 381 g/mol. The minimum absolute atomic E-state index is 0.0122. The van der Waals surface area contributed by atoms with Crippen molar-refractivity contribution in [1.82, 2.24) is 0 Å². The molecule has 5 heteroatoms. The van der Waals surface area contributed by atoms with E-state index in [0.29, 0.717) is 0 Å². The molecule has 1 aliphatic rings. The first kappa shape index (κ1) is 19.8. The van der Waals surface area contributed by atoms with E-state index in [-0.39, 0.29) is 28.6 Å². The van der Waals surface area contributed by atoms with Gasteiger partial charge in [0.15, 0.2) is 17.3 Å². The summed E-state index contributed by atoms with van der Waals surface area (Å²) >= 11 is 0. The predicted octanol–water partition coefficient (Wildman–Crippen LogP) is 5.12. The van der Waals surface area contributed by atoms with Crippen molar-refractivity contribution in [2.45, 2.75) is 39.5 Å². The summed E-state index contributed by atoms with van der Waals surface area (Å²) in [5, 5.41) is 19.5. The van der Waals surface area contributed by atoms with Gasteiger partial charge in [-0.1, -0.05) is 38.8 Å². The van der Waals surface area contributed by atoms with Crippen molar-refractivity contribution >= 4 is 17.5 Å². The maximum Gasteiger partial charge on any atom is 0.232 e. The molecule has 0 aliphatic carbocycles. The molecule has 2 N–H and O–H groups in total. The maximum absolute atomic E-state index is 12.5. The summed E-state index contributed by atoms with van der Waals surface area (Å²) < 4.78 is 5.51. The molecule has 0 unspecified atom stereocenters. The van der Waals surface area contributed by atoms with Crippen LogP contribution in [0.2, 0.25) is 0 Å². The molecule has 2 aromatic carbocycles. The molecule has 0 saturated heterocycles. The fourth-order valence-corrected chi connectivity index (χ4v) is 3.23. The van der Waals surface area contributed by atoms with Crippen LogP contribution < -0.4 is 9.64 Å². The van der Waals surface area contributed by atoms with Gasteiger partial charge in [0, 0.05) is 18.8 Å². The van der Waals surface area contributed by atoms with Crippen molar-refractivity contribution in [2.24, 2.45) is 0 Å². The van der Waals surface area contributed by atoms with Gasteiger partial charge in [0.2, 0.25) is 11.5 Å². The summed E-state index contributed by atoms with van der Waals surface area (Å²) in [6.45, 7) is 6.47. The van der Waals surface area contributed by atoms with Gasteiger partial charge in [-0.2, -0.15) is 0 Å². The SMILES string of the molecule is CCCCN(CCCC)c1ccc(/C=C2\Oc3c(ccc(O)c3O)C2=O)cc1. The topological polar surface area (TPSA) is 70.0 Å². The third-order valence-corrected chi connectivity index (χ3v) is 4.91. The van der Waals surface area contributed by atoms with Crippen molar-refractivity contribution in [2.75, 3.05) is 18.0 Å². The number of hydrogen-bond donors (Lipinski definition) is 2. The molecule has 3 rings (SSSR count). The van der Waals surface area contributed by atoms with Crippen LogP contribution in [0.4, 0.5) is 5.69 Å². The lowest BCUT2D eigenvalue weighted by molar-refractivity contribution is 0.101. The number of ketones is 1. The minimum atomic E-state index is -0.410.